The summed E-state index contributed by atoms with van der Waals surface area (Å²) in [5.41, 5.74) is 0.930. The minimum absolute atomic E-state index is 0.296. The molecule has 1 fully saturated rings. The van der Waals surface area contributed by atoms with Crippen molar-refractivity contribution >= 4 is 27.4 Å². The van der Waals surface area contributed by atoms with Crippen molar-refractivity contribution in [1.29, 1.82) is 0 Å². The molecule has 0 radical (unpaired) electrons. The highest BCUT2D eigenvalue weighted by atomic mass is 32.1. The lowest BCUT2D eigenvalue weighted by Crippen LogP contribution is -2.60. The summed E-state index contributed by atoms with van der Waals surface area (Å²) in [4.78, 5) is 12.1. The summed E-state index contributed by atoms with van der Waals surface area (Å²) < 4.78 is 13.1. The zero-order chi connectivity index (χ0) is 16.2. The first-order valence-corrected chi connectivity index (χ1v) is 8.30. The van der Waals surface area contributed by atoms with Gasteiger partial charge in [0.15, 0.2) is 0 Å². The molecule has 0 amide bonds. The summed E-state index contributed by atoms with van der Waals surface area (Å²) >= 11 is 1.61. The predicted octanol–water partition coefficient (Wildman–Crippen LogP) is 3.16. The summed E-state index contributed by atoms with van der Waals surface area (Å²) in [6, 6.07) is 6.05. The van der Waals surface area contributed by atoms with Crippen LogP contribution in [0.2, 0.25) is 0 Å². The minimum atomic E-state index is -0.956. The van der Waals surface area contributed by atoms with Crippen molar-refractivity contribution in [2.24, 2.45) is 0 Å². The Hall–Kier alpha value is -2.05. The van der Waals surface area contributed by atoms with Crippen molar-refractivity contribution in [2.75, 3.05) is 18.0 Å². The lowest BCUT2D eigenvalue weighted by molar-refractivity contribution is 0.00716. The maximum absolute atomic E-state index is 13.1. The highest BCUT2D eigenvalue weighted by molar-refractivity contribution is 7.17. The number of rotatable bonds is 2. The van der Waals surface area contributed by atoms with Crippen LogP contribution in [-0.2, 0) is 5.60 Å². The van der Waals surface area contributed by atoms with Gasteiger partial charge in [0.2, 0.25) is 0 Å². The summed E-state index contributed by atoms with van der Waals surface area (Å²) in [7, 11) is 0. The molecule has 118 valence electrons. The Labute approximate surface area is 137 Å². The van der Waals surface area contributed by atoms with Crippen molar-refractivity contribution in [3.8, 4) is 0 Å². The van der Waals surface area contributed by atoms with Crippen molar-refractivity contribution < 1.29 is 9.50 Å². The fourth-order valence-corrected chi connectivity index (χ4v) is 4.03. The number of aryl methyl sites for hydroxylation is 2. The van der Waals surface area contributed by atoms with E-state index >= 15 is 0 Å². The maximum atomic E-state index is 13.1. The van der Waals surface area contributed by atoms with E-state index in [1.807, 2.05) is 13.8 Å². The van der Waals surface area contributed by atoms with Gasteiger partial charge in [-0.1, -0.05) is 12.1 Å². The van der Waals surface area contributed by atoms with Gasteiger partial charge >= 0.3 is 0 Å². The van der Waals surface area contributed by atoms with Crippen LogP contribution in [0.3, 0.4) is 0 Å². The Morgan fingerprint density at radius 2 is 1.87 bits per heavy atom. The van der Waals surface area contributed by atoms with Crippen LogP contribution in [0.1, 0.15) is 17.0 Å². The van der Waals surface area contributed by atoms with Gasteiger partial charge in [-0.3, -0.25) is 0 Å². The van der Waals surface area contributed by atoms with E-state index in [0.717, 1.165) is 33.0 Å². The summed E-state index contributed by atoms with van der Waals surface area (Å²) in [6.45, 7) is 4.82. The molecule has 3 aromatic rings. The van der Waals surface area contributed by atoms with E-state index in [2.05, 4.69) is 20.2 Å². The van der Waals surface area contributed by atoms with Crippen LogP contribution in [0, 0.1) is 19.7 Å². The Morgan fingerprint density at radius 3 is 2.57 bits per heavy atom. The normalized spacial score (nSPS) is 16.6. The second kappa shape index (κ2) is 4.97. The zero-order valence-electron chi connectivity index (χ0n) is 12.9. The van der Waals surface area contributed by atoms with Gasteiger partial charge in [-0.25, -0.2) is 14.4 Å². The first-order chi connectivity index (χ1) is 11.0. The standard InChI is InChI=1S/C17H16FN3OS/c1-10-7-23-16-14(10)15(19-11(2)20-16)21-8-17(22,9-21)12-3-5-13(18)6-4-12/h3-7,22H,8-9H2,1-2H3. The lowest BCUT2D eigenvalue weighted by Gasteiger charge is -2.47. The number of nitrogens with zero attached hydrogens (tertiary/aromatic N) is 3. The van der Waals surface area contributed by atoms with Crippen molar-refractivity contribution in [3.05, 3.63) is 52.4 Å². The van der Waals surface area contributed by atoms with Crippen LogP contribution in [-0.4, -0.2) is 28.2 Å². The number of hydrogen-bond donors (Lipinski definition) is 1. The number of benzene rings is 1. The van der Waals surface area contributed by atoms with Gasteiger partial charge in [-0.2, -0.15) is 0 Å². The van der Waals surface area contributed by atoms with Gasteiger partial charge in [-0.05, 0) is 42.5 Å². The maximum Gasteiger partial charge on any atom is 0.141 e. The van der Waals surface area contributed by atoms with Gasteiger partial charge in [0, 0.05) is 0 Å². The number of aliphatic hydroxyl groups is 1. The average molecular weight is 329 g/mol. The SMILES string of the molecule is Cc1nc(N2CC(O)(c3ccc(F)cc3)C2)c2c(C)csc2n1. The molecule has 23 heavy (non-hydrogen) atoms. The molecule has 0 bridgehead atoms. The first kappa shape index (κ1) is 14.5. The lowest BCUT2D eigenvalue weighted by atomic mass is 9.86. The highest BCUT2D eigenvalue weighted by Gasteiger charge is 2.44. The molecule has 2 aromatic heterocycles. The van der Waals surface area contributed by atoms with Crippen molar-refractivity contribution in [2.45, 2.75) is 19.4 Å². The number of hydrogen-bond acceptors (Lipinski definition) is 5. The van der Waals surface area contributed by atoms with Gasteiger partial charge in [-0.15, -0.1) is 11.3 Å². The highest BCUT2D eigenvalue weighted by Crippen LogP contribution is 2.39. The fourth-order valence-electron chi connectivity index (χ4n) is 3.07. The summed E-state index contributed by atoms with van der Waals surface area (Å²) in [6.07, 6.45) is 0. The molecular weight excluding hydrogens is 313 g/mol. The molecule has 0 spiro atoms. The second-order valence-electron chi connectivity index (χ2n) is 6.09. The molecule has 0 unspecified atom stereocenters. The Balaban J connectivity index is 1.67. The first-order valence-electron chi connectivity index (χ1n) is 7.42. The zero-order valence-corrected chi connectivity index (χ0v) is 13.7. The molecule has 1 saturated heterocycles. The van der Waals surface area contributed by atoms with E-state index in [1.54, 1.807) is 23.5 Å². The number of β-amino-alcohol motifs (C(OH)–C–C–N with tert-alkyl or cyclic N) is 1. The molecule has 0 aliphatic carbocycles. The molecule has 1 aliphatic rings. The quantitative estimate of drug-likeness (QED) is 0.785. The number of fused-ring (bicyclic) bond motifs is 1. The topological polar surface area (TPSA) is 49.2 Å². The molecule has 4 nitrogen and oxygen atoms in total. The molecular formula is C17H16FN3OS. The van der Waals surface area contributed by atoms with E-state index in [1.165, 1.54) is 12.1 Å². The van der Waals surface area contributed by atoms with Crippen LogP contribution in [0.15, 0.2) is 29.6 Å². The smallest absolute Gasteiger partial charge is 0.141 e. The van der Waals surface area contributed by atoms with Crippen molar-refractivity contribution in [3.63, 3.8) is 0 Å². The monoisotopic (exact) mass is 329 g/mol. The van der Waals surface area contributed by atoms with E-state index in [-0.39, 0.29) is 5.82 Å². The number of halogens is 1. The van der Waals surface area contributed by atoms with E-state index in [9.17, 15) is 9.50 Å². The number of anilines is 1. The summed E-state index contributed by atoms with van der Waals surface area (Å²) in [5.74, 6) is 1.31. The van der Waals surface area contributed by atoms with Gasteiger partial charge in [0.1, 0.15) is 27.9 Å². The molecule has 6 heteroatoms. The van der Waals surface area contributed by atoms with Gasteiger partial charge in [0.05, 0.1) is 18.5 Å². The van der Waals surface area contributed by atoms with Crippen LogP contribution >= 0.6 is 11.3 Å². The molecule has 0 saturated carbocycles. The molecule has 3 heterocycles. The molecule has 1 aliphatic heterocycles. The van der Waals surface area contributed by atoms with Crippen LogP contribution in [0.5, 0.6) is 0 Å². The van der Waals surface area contributed by atoms with Gasteiger partial charge < -0.3 is 10.0 Å². The van der Waals surface area contributed by atoms with E-state index < -0.39 is 5.60 Å². The Morgan fingerprint density at radius 1 is 1.17 bits per heavy atom. The third-order valence-electron chi connectivity index (χ3n) is 4.30. The Bertz CT molecular complexity index is 885. The molecule has 1 aromatic carbocycles. The third-order valence-corrected chi connectivity index (χ3v) is 5.29. The number of thiophene rings is 1. The van der Waals surface area contributed by atoms with Crippen LogP contribution < -0.4 is 4.90 Å². The average Bonchev–Trinajstić information content (AvgIpc) is 2.85. The predicted molar refractivity (Wildman–Crippen MR) is 89.4 cm³/mol. The van der Waals surface area contributed by atoms with Gasteiger partial charge in [0.25, 0.3) is 0 Å². The van der Waals surface area contributed by atoms with Crippen LogP contribution in [0.25, 0.3) is 10.2 Å². The minimum Gasteiger partial charge on any atom is -0.381 e. The second-order valence-corrected chi connectivity index (χ2v) is 6.95. The molecule has 1 N–H and O–H groups in total. The largest absolute Gasteiger partial charge is 0.381 e. The van der Waals surface area contributed by atoms with E-state index in [4.69, 9.17) is 0 Å². The molecule has 0 atom stereocenters. The fraction of sp³-hybridized carbons (Fsp3) is 0.294. The summed E-state index contributed by atoms with van der Waals surface area (Å²) in [5, 5.41) is 13.9. The third kappa shape index (κ3) is 2.29. The Kier molecular flexibility index (Phi) is 3.14. The van der Waals surface area contributed by atoms with Crippen molar-refractivity contribution in [1.82, 2.24) is 9.97 Å². The van der Waals surface area contributed by atoms with E-state index in [0.29, 0.717) is 13.1 Å². The van der Waals surface area contributed by atoms with Crippen LogP contribution in [0.4, 0.5) is 10.2 Å². The number of aromatic nitrogens is 2. The molecule has 4 rings (SSSR count).